The molecule has 15 heavy (non-hydrogen) atoms. The van der Waals surface area contributed by atoms with E-state index in [9.17, 15) is 22.4 Å². The Morgan fingerprint density at radius 3 is 2.67 bits per heavy atom. The van der Waals surface area contributed by atoms with Gasteiger partial charge in [0, 0.05) is 11.4 Å². The van der Waals surface area contributed by atoms with Crippen LogP contribution < -0.4 is 4.74 Å². The summed E-state index contributed by atoms with van der Waals surface area (Å²) in [6.07, 6.45) is -3.25. The highest BCUT2D eigenvalue weighted by atomic mass is 32.1. The van der Waals surface area contributed by atoms with Crippen LogP contribution in [0.3, 0.4) is 0 Å². The topological polar surface area (TPSA) is 26.3 Å². The van der Waals surface area contributed by atoms with Gasteiger partial charge in [0.1, 0.15) is 5.75 Å². The molecule has 1 heterocycles. The molecule has 0 amide bonds. The minimum Gasteiger partial charge on any atom is -0.486 e. The second-order valence-corrected chi connectivity index (χ2v) is 3.60. The van der Waals surface area contributed by atoms with E-state index in [-0.39, 0.29) is 10.6 Å². The van der Waals surface area contributed by atoms with Gasteiger partial charge in [-0.05, 0) is 0 Å². The molecule has 1 aromatic rings. The van der Waals surface area contributed by atoms with Crippen molar-refractivity contribution < 1.29 is 27.1 Å². The third kappa shape index (κ3) is 3.19. The summed E-state index contributed by atoms with van der Waals surface area (Å²) in [4.78, 5) is 10.5. The van der Waals surface area contributed by atoms with Gasteiger partial charge >= 0.3 is 12.3 Å². The lowest BCUT2D eigenvalue weighted by molar-refractivity contribution is -0.148. The van der Waals surface area contributed by atoms with Crippen molar-refractivity contribution in [1.29, 1.82) is 0 Å². The predicted molar refractivity (Wildman–Crippen MR) is 46.2 cm³/mol. The highest BCUT2D eigenvalue weighted by Gasteiger charge is 2.41. The van der Waals surface area contributed by atoms with Crippen LogP contribution in [0.1, 0.15) is 9.67 Å². The lowest BCUT2D eigenvalue weighted by Gasteiger charge is -2.14. The van der Waals surface area contributed by atoms with Gasteiger partial charge in [-0.2, -0.15) is 8.78 Å². The van der Waals surface area contributed by atoms with Crippen molar-refractivity contribution in [3.63, 3.8) is 0 Å². The molecule has 84 valence electrons. The molecule has 0 saturated heterocycles. The van der Waals surface area contributed by atoms with Crippen molar-refractivity contribution in [3.05, 3.63) is 16.3 Å². The Bertz CT molecular complexity index is 337. The Morgan fingerprint density at radius 2 is 2.20 bits per heavy atom. The normalized spacial score (nSPS) is 11.8. The molecular weight excluding hydrogens is 236 g/mol. The molecule has 1 rings (SSSR count). The maximum absolute atomic E-state index is 12.4. The molecule has 7 heteroatoms. The second-order valence-electron chi connectivity index (χ2n) is 2.65. The molecular formula is C8H6F4O2S. The molecule has 0 N–H and O–H groups in total. The second kappa shape index (κ2) is 4.61. The van der Waals surface area contributed by atoms with Gasteiger partial charge in [0.25, 0.3) is 0 Å². The average molecular weight is 242 g/mol. The highest BCUT2D eigenvalue weighted by molar-refractivity contribution is 7.11. The van der Waals surface area contributed by atoms with Gasteiger partial charge in [-0.3, -0.25) is 4.79 Å². The number of carbonyl (C=O) groups is 1. The molecule has 0 aliphatic heterocycles. The summed E-state index contributed by atoms with van der Waals surface area (Å²) in [5.74, 6) is -4.19. The number of hydrogen-bond donors (Lipinski definition) is 0. The molecule has 0 spiro atoms. The summed E-state index contributed by atoms with van der Waals surface area (Å²) in [6.45, 7) is -1.40. The first-order valence-electron chi connectivity index (χ1n) is 3.78. The maximum Gasteiger partial charge on any atom is 0.340 e. The van der Waals surface area contributed by atoms with Crippen molar-refractivity contribution in [2.24, 2.45) is 0 Å². The Labute approximate surface area is 86.5 Å². The summed E-state index contributed by atoms with van der Waals surface area (Å²) in [6, 6.07) is 1.21. The molecule has 0 saturated carbocycles. The van der Waals surface area contributed by atoms with Crippen LogP contribution in [-0.4, -0.2) is 25.2 Å². The first kappa shape index (κ1) is 12.0. The number of halogens is 4. The van der Waals surface area contributed by atoms with Gasteiger partial charge < -0.3 is 4.74 Å². The fourth-order valence-electron chi connectivity index (χ4n) is 0.714. The van der Waals surface area contributed by atoms with E-state index >= 15 is 0 Å². The standard InChI is InChI=1S/C8H6F4O2S/c9-7(10)8(11,12)4-14-5-1-6(2-13)15-3-5/h1-3,7H,4H2. The van der Waals surface area contributed by atoms with E-state index < -0.39 is 19.0 Å². The number of hydrogen-bond acceptors (Lipinski definition) is 3. The number of thiophene rings is 1. The molecule has 0 radical (unpaired) electrons. The van der Waals surface area contributed by atoms with E-state index in [0.29, 0.717) is 6.29 Å². The highest BCUT2D eigenvalue weighted by Crippen LogP contribution is 2.26. The molecule has 0 aliphatic carbocycles. The van der Waals surface area contributed by atoms with Crippen molar-refractivity contribution >= 4 is 17.6 Å². The van der Waals surface area contributed by atoms with Crippen LogP contribution in [0.2, 0.25) is 0 Å². The van der Waals surface area contributed by atoms with E-state index in [4.69, 9.17) is 0 Å². The zero-order valence-corrected chi connectivity index (χ0v) is 8.07. The minimum absolute atomic E-state index is 0.0116. The van der Waals surface area contributed by atoms with Crippen LogP contribution in [0.25, 0.3) is 0 Å². The third-order valence-electron chi connectivity index (χ3n) is 1.46. The summed E-state index contributed by atoms with van der Waals surface area (Å²) < 4.78 is 52.6. The van der Waals surface area contributed by atoms with E-state index in [1.54, 1.807) is 0 Å². The van der Waals surface area contributed by atoms with E-state index in [2.05, 4.69) is 4.74 Å². The van der Waals surface area contributed by atoms with Gasteiger partial charge in [-0.1, -0.05) is 0 Å². The van der Waals surface area contributed by atoms with Gasteiger partial charge in [0.15, 0.2) is 12.9 Å². The Balaban J connectivity index is 2.53. The SMILES string of the molecule is O=Cc1cc(OCC(F)(F)C(F)F)cs1. The summed E-state index contributed by atoms with van der Waals surface area (Å²) in [7, 11) is 0. The van der Waals surface area contributed by atoms with Crippen LogP contribution in [0.15, 0.2) is 11.4 Å². The lowest BCUT2D eigenvalue weighted by atomic mass is 10.4. The third-order valence-corrected chi connectivity index (χ3v) is 2.30. The molecule has 0 aromatic carbocycles. The van der Waals surface area contributed by atoms with E-state index in [0.717, 1.165) is 11.3 Å². The number of rotatable bonds is 5. The Morgan fingerprint density at radius 1 is 1.53 bits per heavy atom. The molecule has 2 nitrogen and oxygen atoms in total. The van der Waals surface area contributed by atoms with Crippen LogP contribution in [0.5, 0.6) is 5.75 Å². The predicted octanol–water partition coefficient (Wildman–Crippen LogP) is 2.84. The molecule has 1 aromatic heterocycles. The fraction of sp³-hybridized carbons (Fsp3) is 0.375. The molecule has 0 bridgehead atoms. The molecule has 0 fully saturated rings. The number of carbonyl (C=O) groups excluding carboxylic acids is 1. The first-order valence-corrected chi connectivity index (χ1v) is 4.66. The van der Waals surface area contributed by atoms with E-state index in [1.807, 2.05) is 0 Å². The van der Waals surface area contributed by atoms with Gasteiger partial charge in [0.05, 0.1) is 4.88 Å². The summed E-state index contributed by atoms with van der Waals surface area (Å²) >= 11 is 0.983. The Kier molecular flexibility index (Phi) is 3.67. The maximum atomic E-state index is 12.4. The number of aldehydes is 1. The van der Waals surface area contributed by atoms with Crippen LogP contribution >= 0.6 is 11.3 Å². The lowest BCUT2D eigenvalue weighted by Crippen LogP contribution is -2.33. The van der Waals surface area contributed by atoms with Gasteiger partial charge in [-0.25, -0.2) is 8.78 Å². The van der Waals surface area contributed by atoms with Gasteiger partial charge in [0.2, 0.25) is 0 Å². The minimum atomic E-state index is -4.18. The summed E-state index contributed by atoms with van der Waals surface area (Å²) in [5, 5.41) is 1.30. The Hall–Kier alpha value is -1.11. The zero-order chi connectivity index (χ0) is 11.5. The monoisotopic (exact) mass is 242 g/mol. The molecule has 0 aliphatic rings. The number of ether oxygens (including phenoxy) is 1. The average Bonchev–Trinajstić information content (AvgIpc) is 2.62. The van der Waals surface area contributed by atoms with Crippen molar-refractivity contribution in [1.82, 2.24) is 0 Å². The van der Waals surface area contributed by atoms with Crippen LogP contribution in [-0.2, 0) is 0 Å². The van der Waals surface area contributed by atoms with Crippen molar-refractivity contribution in [2.75, 3.05) is 6.61 Å². The van der Waals surface area contributed by atoms with E-state index in [1.165, 1.54) is 11.4 Å². The fourth-order valence-corrected chi connectivity index (χ4v) is 1.34. The van der Waals surface area contributed by atoms with Gasteiger partial charge in [-0.15, -0.1) is 11.3 Å². The molecule has 0 atom stereocenters. The quantitative estimate of drug-likeness (QED) is 0.586. The van der Waals surface area contributed by atoms with Crippen molar-refractivity contribution in [2.45, 2.75) is 12.3 Å². The first-order chi connectivity index (χ1) is 6.95. The summed E-state index contributed by atoms with van der Waals surface area (Å²) in [5.41, 5.74) is 0. The smallest absolute Gasteiger partial charge is 0.340 e. The largest absolute Gasteiger partial charge is 0.486 e. The molecule has 0 unspecified atom stereocenters. The van der Waals surface area contributed by atoms with Crippen molar-refractivity contribution in [3.8, 4) is 5.75 Å². The van der Waals surface area contributed by atoms with Crippen LogP contribution in [0.4, 0.5) is 17.6 Å². The zero-order valence-electron chi connectivity index (χ0n) is 7.25. The number of alkyl halides is 4. The van der Waals surface area contributed by atoms with Crippen LogP contribution in [0, 0.1) is 0 Å².